The Morgan fingerprint density at radius 2 is 1.59 bits per heavy atom. The van der Waals surface area contributed by atoms with Crippen LogP contribution in [0.5, 0.6) is 0 Å². The molecule has 1 aliphatic heterocycles. The number of carbonyl (C=O) groups is 3. The van der Waals surface area contributed by atoms with Crippen molar-refractivity contribution in [3.8, 4) is 0 Å². The van der Waals surface area contributed by atoms with E-state index in [-0.39, 0.29) is 23.8 Å². The number of nitrogens with one attached hydrogen (secondary N) is 4. The number of nitro benzene ring substituents is 1. The molecule has 1 heterocycles. The first-order valence-electron chi connectivity index (χ1n) is 18.5. The number of benzene rings is 2. The van der Waals surface area contributed by atoms with Gasteiger partial charge in [0.2, 0.25) is 15.7 Å². The molecule has 4 rings (SSSR count). The maximum atomic E-state index is 14.1. The van der Waals surface area contributed by atoms with Crippen LogP contribution in [-0.2, 0) is 30.6 Å². The van der Waals surface area contributed by atoms with Crippen LogP contribution in [-0.4, -0.2) is 78.4 Å². The van der Waals surface area contributed by atoms with E-state index in [1.165, 1.54) is 12.1 Å². The summed E-state index contributed by atoms with van der Waals surface area (Å²) in [5, 5.41) is 21.0. The molecular formula is C38H55ClN6O8S. The van der Waals surface area contributed by atoms with Gasteiger partial charge in [0.1, 0.15) is 10.5 Å². The van der Waals surface area contributed by atoms with Gasteiger partial charge in [0.25, 0.3) is 11.6 Å². The molecular weight excluding hydrogens is 736 g/mol. The summed E-state index contributed by atoms with van der Waals surface area (Å²) in [7, 11) is -4.61. The molecule has 2 aromatic rings. The Kier molecular flexibility index (Phi) is 14.1. The van der Waals surface area contributed by atoms with Crippen molar-refractivity contribution < 1.29 is 32.5 Å². The summed E-state index contributed by atoms with van der Waals surface area (Å²) in [5.41, 5.74) is 1.14. The van der Waals surface area contributed by atoms with Crippen molar-refractivity contribution >= 4 is 45.0 Å². The minimum atomic E-state index is -4.61. The van der Waals surface area contributed by atoms with Crippen LogP contribution in [0.2, 0.25) is 5.02 Å². The number of halogens is 1. The zero-order valence-electron chi connectivity index (χ0n) is 32.1. The van der Waals surface area contributed by atoms with Crippen LogP contribution in [0.25, 0.3) is 0 Å². The van der Waals surface area contributed by atoms with Gasteiger partial charge < -0.3 is 20.7 Å². The van der Waals surface area contributed by atoms with Gasteiger partial charge in [0.05, 0.1) is 16.4 Å². The third kappa shape index (κ3) is 11.6. The SMILES string of the molecule is CC(C)(C)NC(=O)C1(C2CCCCC2)CCN(NC(=O)[C@@H](Cc2ccc(Cl)cc2)NCC(NC(=O)OC(C)(C)C)S(=O)(=O)c2ccccc2[N+](=O)[O-])CC1. The number of carbonyl (C=O) groups excluding carboxylic acids is 3. The van der Waals surface area contributed by atoms with Crippen LogP contribution in [0.4, 0.5) is 10.5 Å². The van der Waals surface area contributed by atoms with Gasteiger partial charge in [0, 0.05) is 36.3 Å². The maximum absolute atomic E-state index is 14.1. The lowest BCUT2D eigenvalue weighted by Gasteiger charge is -2.47. The highest BCUT2D eigenvalue weighted by Gasteiger charge is 2.48. The molecule has 4 N–H and O–H groups in total. The molecule has 14 nitrogen and oxygen atoms in total. The van der Waals surface area contributed by atoms with Gasteiger partial charge in [-0.25, -0.2) is 18.2 Å². The molecule has 298 valence electrons. The minimum Gasteiger partial charge on any atom is -0.444 e. The van der Waals surface area contributed by atoms with E-state index in [2.05, 4.69) is 21.4 Å². The zero-order chi connectivity index (χ0) is 39.9. The van der Waals surface area contributed by atoms with Gasteiger partial charge in [-0.05, 0) is 103 Å². The predicted molar refractivity (Wildman–Crippen MR) is 206 cm³/mol. The fourth-order valence-electron chi connectivity index (χ4n) is 7.23. The second-order valence-electron chi connectivity index (χ2n) is 16.4. The molecule has 2 aliphatic rings. The molecule has 1 saturated heterocycles. The molecule has 0 bridgehead atoms. The van der Waals surface area contributed by atoms with E-state index in [0.717, 1.165) is 49.8 Å². The normalized spacial score (nSPS) is 18.2. The summed E-state index contributed by atoms with van der Waals surface area (Å²) in [6.45, 7) is 11.1. The molecule has 2 atom stereocenters. The second-order valence-corrected chi connectivity index (χ2v) is 18.9. The smallest absolute Gasteiger partial charge is 0.408 e. The van der Waals surface area contributed by atoms with Gasteiger partial charge in [-0.1, -0.05) is 55.1 Å². The third-order valence-electron chi connectivity index (χ3n) is 9.89. The van der Waals surface area contributed by atoms with Crippen molar-refractivity contribution in [2.75, 3.05) is 19.6 Å². The Morgan fingerprint density at radius 1 is 0.981 bits per heavy atom. The van der Waals surface area contributed by atoms with Crippen molar-refractivity contribution in [3.05, 3.63) is 69.2 Å². The highest BCUT2D eigenvalue weighted by atomic mass is 35.5. The lowest BCUT2D eigenvalue weighted by Crippen LogP contribution is -2.60. The minimum absolute atomic E-state index is 0.0542. The number of sulfone groups is 1. The molecule has 2 aromatic carbocycles. The van der Waals surface area contributed by atoms with E-state index in [1.54, 1.807) is 50.0 Å². The molecule has 3 amide bonds. The summed E-state index contributed by atoms with van der Waals surface area (Å²) in [5.74, 6) is -0.158. The molecule has 1 saturated carbocycles. The van der Waals surface area contributed by atoms with Gasteiger partial charge >= 0.3 is 6.09 Å². The van der Waals surface area contributed by atoms with E-state index in [4.69, 9.17) is 16.3 Å². The number of piperidine rings is 1. The van der Waals surface area contributed by atoms with Crippen LogP contribution >= 0.6 is 11.6 Å². The highest BCUT2D eigenvalue weighted by molar-refractivity contribution is 7.92. The topological polar surface area (TPSA) is 189 Å². The molecule has 1 unspecified atom stereocenters. The average molecular weight is 791 g/mol. The summed E-state index contributed by atoms with van der Waals surface area (Å²) < 4.78 is 33.4. The quantitative estimate of drug-likeness (QED) is 0.145. The van der Waals surface area contributed by atoms with Gasteiger partial charge in [-0.3, -0.25) is 25.1 Å². The van der Waals surface area contributed by atoms with Crippen LogP contribution in [0.1, 0.15) is 92.1 Å². The van der Waals surface area contributed by atoms with E-state index < -0.39 is 66.3 Å². The first-order chi connectivity index (χ1) is 25.2. The van der Waals surface area contributed by atoms with E-state index >= 15 is 0 Å². The molecule has 54 heavy (non-hydrogen) atoms. The Labute approximate surface area is 323 Å². The number of nitro groups is 1. The molecule has 2 fully saturated rings. The molecule has 0 radical (unpaired) electrons. The van der Waals surface area contributed by atoms with Crippen molar-refractivity contribution in [2.45, 2.75) is 120 Å². The summed E-state index contributed by atoms with van der Waals surface area (Å²) in [4.78, 5) is 51.3. The summed E-state index contributed by atoms with van der Waals surface area (Å²) in [6, 6.07) is 10.7. The van der Waals surface area contributed by atoms with Gasteiger partial charge in [-0.15, -0.1) is 0 Å². The number of amides is 3. The number of alkyl carbamates (subject to hydrolysis) is 1. The number of hydrogen-bond acceptors (Lipinski definition) is 10. The van der Waals surface area contributed by atoms with Gasteiger partial charge in [0.15, 0.2) is 5.37 Å². The number of rotatable bonds is 13. The second kappa shape index (κ2) is 17.8. The van der Waals surface area contributed by atoms with Crippen LogP contribution < -0.4 is 21.4 Å². The molecule has 16 heteroatoms. The zero-order valence-corrected chi connectivity index (χ0v) is 33.6. The number of nitrogens with zero attached hydrogens (tertiary/aromatic N) is 2. The largest absolute Gasteiger partial charge is 0.444 e. The standard InChI is InChI=1S/C38H55ClN6O8S/c1-36(2,3)42-34(47)38(27-12-8-7-9-13-27)20-22-44(23-21-38)43-33(46)29(24-26-16-18-28(39)19-17-26)40-25-32(41-35(48)53-37(4,5)6)54(51,52)31-15-11-10-14-30(31)45(49)50/h10-11,14-19,27,29,32,40H,7-9,12-13,20-25H2,1-6H3,(H,41,48)(H,42,47)(H,43,46)/t29-,32?/m1/s1. The van der Waals surface area contributed by atoms with Crippen molar-refractivity contribution in [2.24, 2.45) is 11.3 Å². The maximum Gasteiger partial charge on any atom is 0.408 e. The van der Waals surface area contributed by atoms with Crippen molar-refractivity contribution in [3.63, 3.8) is 0 Å². The Morgan fingerprint density at radius 3 is 2.17 bits per heavy atom. The molecule has 0 aromatic heterocycles. The molecule has 0 spiro atoms. The van der Waals surface area contributed by atoms with Crippen LogP contribution in [0.3, 0.4) is 0 Å². The summed E-state index contributed by atoms with van der Waals surface area (Å²) in [6.07, 6.45) is 5.50. The van der Waals surface area contributed by atoms with Crippen molar-refractivity contribution in [1.29, 1.82) is 0 Å². The lowest BCUT2D eigenvalue weighted by molar-refractivity contribution is -0.387. The van der Waals surface area contributed by atoms with Gasteiger partial charge in [-0.2, -0.15) is 0 Å². The Hall–Kier alpha value is -3.79. The first kappa shape index (κ1) is 42.9. The number of hydrogen-bond donors (Lipinski definition) is 4. The fourth-order valence-corrected chi connectivity index (χ4v) is 8.94. The number of para-hydroxylation sites is 1. The van der Waals surface area contributed by atoms with Crippen LogP contribution in [0.15, 0.2) is 53.4 Å². The predicted octanol–water partition coefficient (Wildman–Crippen LogP) is 5.68. The third-order valence-corrected chi connectivity index (χ3v) is 12.1. The monoisotopic (exact) mass is 790 g/mol. The van der Waals surface area contributed by atoms with E-state index in [9.17, 15) is 32.9 Å². The highest BCUT2D eigenvalue weighted by Crippen LogP contribution is 2.46. The van der Waals surface area contributed by atoms with Crippen LogP contribution in [0, 0.1) is 21.4 Å². The average Bonchev–Trinajstić information content (AvgIpc) is 3.09. The van der Waals surface area contributed by atoms with E-state index in [0.29, 0.717) is 31.0 Å². The molecule has 1 aliphatic carbocycles. The van der Waals surface area contributed by atoms with E-state index in [1.807, 2.05) is 20.8 Å². The Bertz CT molecular complexity index is 1750. The number of hydrazine groups is 1. The lowest BCUT2D eigenvalue weighted by atomic mass is 9.63. The fraction of sp³-hybridized carbons (Fsp3) is 0.605. The summed E-state index contributed by atoms with van der Waals surface area (Å²) >= 11 is 6.12. The Balaban J connectivity index is 1.58. The van der Waals surface area contributed by atoms with Crippen molar-refractivity contribution in [1.82, 2.24) is 26.4 Å². The number of ether oxygens (including phenoxy) is 1. The first-order valence-corrected chi connectivity index (χ1v) is 20.5.